The van der Waals surface area contributed by atoms with Gasteiger partial charge >= 0.3 is 0 Å². The molecule has 4 rings (SSSR count). The minimum atomic E-state index is -0.139. The van der Waals surface area contributed by atoms with E-state index in [0.29, 0.717) is 28.6 Å². The van der Waals surface area contributed by atoms with Gasteiger partial charge in [0.1, 0.15) is 0 Å². The van der Waals surface area contributed by atoms with Crippen LogP contribution in [0.1, 0.15) is 33.1 Å². The minimum Gasteiger partial charge on any atom is -0.493 e. The summed E-state index contributed by atoms with van der Waals surface area (Å²) in [6.45, 7) is 0.414. The molecule has 0 aliphatic rings. The summed E-state index contributed by atoms with van der Waals surface area (Å²) >= 11 is 6.04. The fourth-order valence-corrected chi connectivity index (χ4v) is 3.85. The van der Waals surface area contributed by atoms with Crippen LogP contribution in [0.3, 0.4) is 0 Å². The van der Waals surface area contributed by atoms with Gasteiger partial charge in [-0.05, 0) is 53.1 Å². The van der Waals surface area contributed by atoms with E-state index in [4.69, 9.17) is 21.1 Å². The second-order valence-electron chi connectivity index (χ2n) is 7.86. The SMILES string of the molecule is COc1ccc(/C=C/c2ccc(C(=O)NCC(c3ccc(Cl)cc3)n3ccnc3)cc2)cc1OC. The molecule has 1 heterocycles. The van der Waals surface area contributed by atoms with Gasteiger partial charge in [-0.1, -0.05) is 54.1 Å². The fraction of sp³-hybridized carbons (Fsp3) is 0.143. The van der Waals surface area contributed by atoms with Crippen LogP contribution < -0.4 is 14.8 Å². The van der Waals surface area contributed by atoms with Gasteiger partial charge in [-0.25, -0.2) is 4.98 Å². The molecule has 0 spiro atoms. The van der Waals surface area contributed by atoms with Crippen LogP contribution in [0, 0.1) is 0 Å². The molecule has 1 atom stereocenters. The number of carbonyl (C=O) groups excluding carboxylic acids is 1. The summed E-state index contributed by atoms with van der Waals surface area (Å²) in [5, 5.41) is 3.71. The van der Waals surface area contributed by atoms with Gasteiger partial charge in [-0.15, -0.1) is 0 Å². The van der Waals surface area contributed by atoms with E-state index in [1.807, 2.05) is 89.6 Å². The van der Waals surface area contributed by atoms with Crippen molar-refractivity contribution in [3.8, 4) is 11.5 Å². The molecule has 0 aliphatic carbocycles. The molecule has 1 amide bonds. The Balaban J connectivity index is 1.41. The Bertz CT molecular complexity index is 1280. The predicted octanol–water partition coefficient (Wildman–Crippen LogP) is 5.74. The van der Waals surface area contributed by atoms with Crippen LogP contribution in [-0.4, -0.2) is 36.2 Å². The Morgan fingerprint density at radius 2 is 1.66 bits per heavy atom. The van der Waals surface area contributed by atoms with Gasteiger partial charge in [0.15, 0.2) is 11.5 Å². The lowest BCUT2D eigenvalue weighted by Gasteiger charge is -2.20. The summed E-state index contributed by atoms with van der Waals surface area (Å²) in [5.41, 5.74) is 3.59. The Morgan fingerprint density at radius 3 is 2.31 bits per heavy atom. The lowest BCUT2D eigenvalue weighted by Crippen LogP contribution is -2.31. The van der Waals surface area contributed by atoms with E-state index in [9.17, 15) is 4.79 Å². The number of amides is 1. The molecule has 3 aromatic carbocycles. The average Bonchev–Trinajstić information content (AvgIpc) is 3.43. The number of rotatable bonds is 9. The Kier molecular flexibility index (Phi) is 7.85. The van der Waals surface area contributed by atoms with Crippen molar-refractivity contribution in [2.45, 2.75) is 6.04 Å². The monoisotopic (exact) mass is 487 g/mol. The molecule has 0 bridgehead atoms. The molecule has 4 aromatic rings. The molecule has 0 saturated carbocycles. The van der Waals surface area contributed by atoms with Crippen LogP contribution in [0.5, 0.6) is 11.5 Å². The first-order valence-electron chi connectivity index (χ1n) is 11.1. The normalized spacial score (nSPS) is 11.9. The Morgan fingerprint density at radius 1 is 0.971 bits per heavy atom. The van der Waals surface area contributed by atoms with Gasteiger partial charge in [0.2, 0.25) is 0 Å². The van der Waals surface area contributed by atoms with Crippen molar-refractivity contribution >= 4 is 29.7 Å². The maximum Gasteiger partial charge on any atom is 0.251 e. The van der Waals surface area contributed by atoms with E-state index in [2.05, 4.69) is 10.3 Å². The number of nitrogens with one attached hydrogen (secondary N) is 1. The number of nitrogens with zero attached hydrogens (tertiary/aromatic N) is 2. The zero-order valence-electron chi connectivity index (χ0n) is 19.5. The molecular weight excluding hydrogens is 462 g/mol. The van der Waals surface area contributed by atoms with Gasteiger partial charge in [-0.2, -0.15) is 0 Å². The fourth-order valence-electron chi connectivity index (χ4n) is 3.72. The van der Waals surface area contributed by atoms with Crippen molar-refractivity contribution in [3.05, 3.63) is 113 Å². The van der Waals surface area contributed by atoms with Gasteiger partial charge in [0, 0.05) is 29.5 Å². The number of aromatic nitrogens is 2. The molecule has 0 aliphatic heterocycles. The van der Waals surface area contributed by atoms with E-state index in [0.717, 1.165) is 16.7 Å². The van der Waals surface area contributed by atoms with Crippen molar-refractivity contribution in [3.63, 3.8) is 0 Å². The summed E-state index contributed by atoms with van der Waals surface area (Å²) < 4.78 is 12.6. The third kappa shape index (κ3) is 6.11. The van der Waals surface area contributed by atoms with E-state index in [-0.39, 0.29) is 11.9 Å². The number of hydrogen-bond donors (Lipinski definition) is 1. The molecule has 0 radical (unpaired) electrons. The molecular formula is C28H26ClN3O3. The van der Waals surface area contributed by atoms with Crippen molar-refractivity contribution in [1.29, 1.82) is 0 Å². The highest BCUT2D eigenvalue weighted by Gasteiger charge is 2.15. The molecule has 178 valence electrons. The summed E-state index contributed by atoms with van der Waals surface area (Å²) in [4.78, 5) is 17.0. The van der Waals surface area contributed by atoms with E-state index in [1.165, 1.54) is 0 Å². The number of ether oxygens (including phenoxy) is 2. The number of halogens is 1. The van der Waals surface area contributed by atoms with Crippen molar-refractivity contribution in [2.24, 2.45) is 0 Å². The highest BCUT2D eigenvalue weighted by Crippen LogP contribution is 2.28. The van der Waals surface area contributed by atoms with Gasteiger partial charge in [0.25, 0.3) is 5.91 Å². The van der Waals surface area contributed by atoms with E-state index < -0.39 is 0 Å². The topological polar surface area (TPSA) is 65.4 Å². The number of carbonyl (C=O) groups is 1. The van der Waals surface area contributed by atoms with Crippen LogP contribution in [-0.2, 0) is 0 Å². The molecule has 0 saturated heterocycles. The highest BCUT2D eigenvalue weighted by molar-refractivity contribution is 6.30. The Labute approximate surface area is 209 Å². The van der Waals surface area contributed by atoms with Gasteiger partial charge in [-0.3, -0.25) is 4.79 Å². The molecule has 6 nitrogen and oxygen atoms in total. The quantitative estimate of drug-likeness (QED) is 0.305. The third-order valence-electron chi connectivity index (χ3n) is 5.64. The van der Waals surface area contributed by atoms with Gasteiger partial charge < -0.3 is 19.4 Å². The van der Waals surface area contributed by atoms with Crippen LogP contribution >= 0.6 is 11.6 Å². The number of methoxy groups -OCH3 is 2. The Hall–Kier alpha value is -4.03. The number of benzene rings is 3. The molecule has 1 unspecified atom stereocenters. The molecule has 1 aromatic heterocycles. The van der Waals surface area contributed by atoms with E-state index in [1.54, 1.807) is 26.7 Å². The average molecular weight is 488 g/mol. The largest absolute Gasteiger partial charge is 0.493 e. The molecule has 0 fully saturated rings. The van der Waals surface area contributed by atoms with Gasteiger partial charge in [0.05, 0.1) is 26.6 Å². The van der Waals surface area contributed by atoms with Crippen LogP contribution in [0.15, 0.2) is 85.5 Å². The first-order chi connectivity index (χ1) is 17.1. The molecule has 1 N–H and O–H groups in total. The van der Waals surface area contributed by atoms with Crippen molar-refractivity contribution < 1.29 is 14.3 Å². The summed E-state index contributed by atoms with van der Waals surface area (Å²) in [6, 6.07) is 20.7. The first-order valence-corrected chi connectivity index (χ1v) is 11.5. The number of imidazole rings is 1. The minimum absolute atomic E-state index is 0.0950. The van der Waals surface area contributed by atoms with Crippen molar-refractivity contribution in [2.75, 3.05) is 20.8 Å². The summed E-state index contributed by atoms with van der Waals surface area (Å²) in [6.07, 6.45) is 9.31. The summed E-state index contributed by atoms with van der Waals surface area (Å²) in [5.74, 6) is 1.22. The third-order valence-corrected chi connectivity index (χ3v) is 5.90. The number of hydrogen-bond acceptors (Lipinski definition) is 4. The van der Waals surface area contributed by atoms with Crippen LogP contribution in [0.4, 0.5) is 0 Å². The standard InChI is InChI=1S/C28H26ClN3O3/c1-34-26-14-7-21(17-27(26)35-2)4-3-20-5-8-23(9-6-20)28(33)31-18-25(32-16-15-30-19-32)22-10-12-24(29)13-11-22/h3-17,19,25H,18H2,1-2H3,(H,31,33)/b4-3+. The van der Waals surface area contributed by atoms with Crippen molar-refractivity contribution in [1.82, 2.24) is 14.9 Å². The lowest BCUT2D eigenvalue weighted by molar-refractivity contribution is 0.0950. The smallest absolute Gasteiger partial charge is 0.251 e. The lowest BCUT2D eigenvalue weighted by atomic mass is 10.1. The predicted molar refractivity (Wildman–Crippen MR) is 139 cm³/mol. The summed E-state index contributed by atoms with van der Waals surface area (Å²) in [7, 11) is 3.23. The van der Waals surface area contributed by atoms with Crippen LogP contribution in [0.25, 0.3) is 12.2 Å². The second-order valence-corrected chi connectivity index (χ2v) is 8.29. The van der Waals surface area contributed by atoms with Crippen LogP contribution in [0.2, 0.25) is 5.02 Å². The maximum absolute atomic E-state index is 12.8. The second kappa shape index (κ2) is 11.4. The molecule has 35 heavy (non-hydrogen) atoms. The molecule has 7 heteroatoms. The first kappa shape index (κ1) is 24.1. The highest BCUT2D eigenvalue weighted by atomic mass is 35.5. The zero-order valence-corrected chi connectivity index (χ0v) is 20.3. The maximum atomic E-state index is 12.8. The zero-order chi connectivity index (χ0) is 24.6. The van der Waals surface area contributed by atoms with E-state index >= 15 is 0 Å².